The normalized spacial score (nSPS) is 45.4. The van der Waals surface area contributed by atoms with Gasteiger partial charge in [0.15, 0.2) is 0 Å². The van der Waals surface area contributed by atoms with Gasteiger partial charge in [-0.25, -0.2) is 0 Å². The zero-order chi connectivity index (χ0) is 21.8. The Labute approximate surface area is 186 Å². The van der Waals surface area contributed by atoms with Gasteiger partial charge in [0.05, 0.1) is 6.10 Å². The summed E-state index contributed by atoms with van der Waals surface area (Å²) in [5.74, 6) is 5.07. The fraction of sp³-hybridized carbons (Fsp3) is 0.793. The van der Waals surface area contributed by atoms with Crippen LogP contribution in [-0.4, -0.2) is 11.2 Å². The molecule has 0 aromatic heterocycles. The van der Waals surface area contributed by atoms with Crippen LogP contribution in [-0.2, 0) is 0 Å². The Morgan fingerprint density at radius 3 is 2.43 bits per heavy atom. The van der Waals surface area contributed by atoms with Gasteiger partial charge in [0, 0.05) is 0 Å². The van der Waals surface area contributed by atoms with Gasteiger partial charge < -0.3 is 5.11 Å². The molecule has 0 radical (unpaired) electrons. The maximum atomic E-state index is 10.2. The van der Waals surface area contributed by atoms with Gasteiger partial charge in [0.2, 0.25) is 0 Å². The van der Waals surface area contributed by atoms with Gasteiger partial charge in [-0.15, -0.1) is 0 Å². The van der Waals surface area contributed by atoms with Crippen LogP contribution in [0.25, 0.3) is 0 Å². The van der Waals surface area contributed by atoms with E-state index in [1.807, 2.05) is 0 Å². The van der Waals surface area contributed by atoms with E-state index in [0.717, 1.165) is 42.9 Å². The number of hydrogen-bond donors (Lipinski definition) is 1. The third kappa shape index (κ3) is 3.48. The van der Waals surface area contributed by atoms with E-state index < -0.39 is 0 Å². The minimum atomic E-state index is -0.120. The number of rotatable bonds is 4. The van der Waals surface area contributed by atoms with Crippen LogP contribution in [0.15, 0.2) is 35.5 Å². The lowest BCUT2D eigenvalue weighted by Crippen LogP contribution is -2.46. The van der Waals surface area contributed by atoms with E-state index in [0.29, 0.717) is 28.6 Å². The smallest absolute Gasteiger partial charge is 0.0578 e. The number of aliphatic hydroxyl groups excluding tert-OH is 1. The molecule has 0 aliphatic heterocycles. The first kappa shape index (κ1) is 22.4. The lowest BCUT2D eigenvalue weighted by molar-refractivity contribution is 0.0345. The van der Waals surface area contributed by atoms with Gasteiger partial charge in [-0.2, -0.15) is 0 Å². The van der Waals surface area contributed by atoms with Gasteiger partial charge in [0.25, 0.3) is 0 Å². The molecule has 4 rings (SSSR count). The molecule has 1 nitrogen and oxygen atoms in total. The van der Waals surface area contributed by atoms with Crippen molar-refractivity contribution in [1.82, 2.24) is 0 Å². The first-order valence-corrected chi connectivity index (χ1v) is 12.9. The molecule has 0 heterocycles. The zero-order valence-corrected chi connectivity index (χ0v) is 20.6. The van der Waals surface area contributed by atoms with Crippen LogP contribution in [0.4, 0.5) is 0 Å². The Kier molecular flexibility index (Phi) is 5.93. The maximum absolute atomic E-state index is 10.2. The van der Waals surface area contributed by atoms with Crippen molar-refractivity contribution >= 4 is 0 Å². The second-order valence-electron chi connectivity index (χ2n) is 12.4. The van der Waals surface area contributed by atoms with Gasteiger partial charge in [-0.05, 0) is 90.8 Å². The molecule has 0 spiro atoms. The van der Waals surface area contributed by atoms with Gasteiger partial charge in [0.1, 0.15) is 0 Å². The lowest BCUT2D eigenvalue weighted by atomic mass is 9.50. The largest absolute Gasteiger partial charge is 0.393 e. The third-order valence-electron chi connectivity index (χ3n) is 10.3. The van der Waals surface area contributed by atoms with Crippen LogP contribution in [0.5, 0.6) is 0 Å². The second-order valence-corrected chi connectivity index (χ2v) is 12.4. The van der Waals surface area contributed by atoms with E-state index >= 15 is 0 Å². The first-order chi connectivity index (χ1) is 14.1. The van der Waals surface area contributed by atoms with Gasteiger partial charge >= 0.3 is 0 Å². The van der Waals surface area contributed by atoms with Crippen LogP contribution in [0.1, 0.15) is 87.0 Å². The van der Waals surface area contributed by atoms with Crippen molar-refractivity contribution in [3.63, 3.8) is 0 Å². The van der Waals surface area contributed by atoms with Crippen molar-refractivity contribution in [3.8, 4) is 0 Å². The molecule has 0 aromatic rings. The Bertz CT molecular complexity index is 741. The molecular formula is C29H46O. The molecule has 3 saturated carbocycles. The van der Waals surface area contributed by atoms with Crippen molar-refractivity contribution < 1.29 is 5.11 Å². The van der Waals surface area contributed by atoms with E-state index in [1.165, 1.54) is 24.8 Å². The van der Waals surface area contributed by atoms with Crippen molar-refractivity contribution in [3.05, 3.63) is 35.5 Å². The molecule has 0 aromatic carbocycles. The lowest BCUT2D eigenvalue weighted by Gasteiger charge is -2.55. The highest BCUT2D eigenvalue weighted by Gasteiger charge is 2.58. The Morgan fingerprint density at radius 1 is 1.00 bits per heavy atom. The molecule has 9 atom stereocenters. The van der Waals surface area contributed by atoms with Crippen LogP contribution in [0, 0.1) is 52.3 Å². The fourth-order valence-electron chi connectivity index (χ4n) is 8.19. The maximum Gasteiger partial charge on any atom is 0.0578 e. The van der Waals surface area contributed by atoms with Crippen molar-refractivity contribution in [2.45, 2.75) is 93.1 Å². The molecule has 1 N–H and O–H groups in total. The van der Waals surface area contributed by atoms with E-state index in [1.54, 1.807) is 5.57 Å². The van der Waals surface area contributed by atoms with Crippen LogP contribution < -0.4 is 0 Å². The molecule has 0 saturated heterocycles. The molecule has 0 bridgehead atoms. The quantitative estimate of drug-likeness (QED) is 0.474. The van der Waals surface area contributed by atoms with Gasteiger partial charge in [-0.3, -0.25) is 0 Å². The summed E-state index contributed by atoms with van der Waals surface area (Å²) in [7, 11) is 0. The van der Waals surface area contributed by atoms with E-state index in [-0.39, 0.29) is 6.10 Å². The Hall–Kier alpha value is -0.820. The second kappa shape index (κ2) is 7.95. The number of aliphatic hydroxyl groups is 1. The average molecular weight is 411 g/mol. The van der Waals surface area contributed by atoms with Crippen molar-refractivity contribution in [2.75, 3.05) is 0 Å². The highest BCUT2D eigenvalue weighted by Crippen LogP contribution is 2.67. The minimum Gasteiger partial charge on any atom is -0.393 e. The SMILES string of the molecule is CC1C[C@H]2C3=CC=C4C[C@@H](O)CC[C@]4(C)[C@H]3CC[C@]2(C)[C@H]1[C@H](C)C=C[C@H](C)C(C)C. The zero-order valence-electron chi connectivity index (χ0n) is 20.6. The molecule has 168 valence electrons. The predicted molar refractivity (Wildman–Crippen MR) is 128 cm³/mol. The van der Waals surface area contributed by atoms with Crippen molar-refractivity contribution in [2.24, 2.45) is 52.3 Å². The molecule has 1 unspecified atom stereocenters. The Morgan fingerprint density at radius 2 is 1.73 bits per heavy atom. The monoisotopic (exact) mass is 410 g/mol. The number of allylic oxidation sites excluding steroid dienone is 5. The predicted octanol–water partition coefficient (Wildman–Crippen LogP) is 7.58. The van der Waals surface area contributed by atoms with E-state index in [4.69, 9.17) is 0 Å². The summed E-state index contributed by atoms with van der Waals surface area (Å²) in [6.07, 6.45) is 17.0. The molecule has 3 fully saturated rings. The van der Waals surface area contributed by atoms with E-state index in [2.05, 4.69) is 72.8 Å². The summed E-state index contributed by atoms with van der Waals surface area (Å²) in [6.45, 7) is 17.2. The van der Waals surface area contributed by atoms with Gasteiger partial charge in [-0.1, -0.05) is 83.9 Å². The molecule has 30 heavy (non-hydrogen) atoms. The summed E-state index contributed by atoms with van der Waals surface area (Å²) < 4.78 is 0. The highest BCUT2D eigenvalue weighted by atomic mass is 16.3. The molecule has 4 aliphatic rings. The van der Waals surface area contributed by atoms with Crippen LogP contribution >= 0.6 is 0 Å². The van der Waals surface area contributed by atoms with E-state index in [9.17, 15) is 5.11 Å². The summed E-state index contributed by atoms with van der Waals surface area (Å²) in [5.41, 5.74) is 4.03. The third-order valence-corrected chi connectivity index (χ3v) is 10.3. The standard InChI is InChI=1S/C29H46O/c1-18(2)19(3)8-9-20(4)27-21(5)16-26-24-11-10-22-17-23(30)12-14-28(22,6)25(24)13-15-29(26,27)7/h8-11,18-21,23,25-27,30H,12-17H2,1-7H3/t19-,20+,21?,23-,25-,26-,27-,28-,29-/m0/s1. The number of hydrogen-bond acceptors (Lipinski definition) is 1. The first-order valence-electron chi connectivity index (χ1n) is 12.9. The summed E-state index contributed by atoms with van der Waals surface area (Å²) in [4.78, 5) is 0. The number of fused-ring (bicyclic) bond motifs is 5. The topological polar surface area (TPSA) is 20.2 Å². The molecule has 1 heteroatoms. The summed E-state index contributed by atoms with van der Waals surface area (Å²) >= 11 is 0. The summed E-state index contributed by atoms with van der Waals surface area (Å²) in [6, 6.07) is 0. The van der Waals surface area contributed by atoms with Crippen LogP contribution in [0.3, 0.4) is 0 Å². The Balaban J connectivity index is 1.61. The molecule has 4 aliphatic carbocycles. The fourth-order valence-corrected chi connectivity index (χ4v) is 8.19. The minimum absolute atomic E-state index is 0.120. The molecule has 0 amide bonds. The molecular weight excluding hydrogens is 364 g/mol. The van der Waals surface area contributed by atoms with Crippen molar-refractivity contribution in [1.29, 1.82) is 0 Å². The summed E-state index contributed by atoms with van der Waals surface area (Å²) in [5, 5.41) is 10.2. The van der Waals surface area contributed by atoms with Crippen LogP contribution in [0.2, 0.25) is 0 Å². The highest BCUT2D eigenvalue weighted by molar-refractivity contribution is 5.39. The average Bonchev–Trinajstić information content (AvgIpc) is 2.96.